The van der Waals surface area contributed by atoms with Gasteiger partial charge in [-0.25, -0.2) is 0 Å². The Hall–Kier alpha value is -2.84. The Bertz CT molecular complexity index is 968. The number of amides is 2. The van der Waals surface area contributed by atoms with Crippen LogP contribution in [0.1, 0.15) is 39.2 Å². The first-order chi connectivity index (χ1) is 14.3. The third kappa shape index (κ3) is 3.81. The van der Waals surface area contributed by atoms with E-state index in [1.54, 1.807) is 43.4 Å². The Morgan fingerprint density at radius 3 is 2.42 bits per heavy atom. The van der Waals surface area contributed by atoms with Crippen LogP contribution < -0.4 is 10.1 Å². The van der Waals surface area contributed by atoms with Crippen LogP contribution in [0.4, 0.5) is 13.2 Å². The summed E-state index contributed by atoms with van der Waals surface area (Å²) in [6.07, 6.45) is -4.98. The van der Waals surface area contributed by atoms with Gasteiger partial charge in [-0.1, -0.05) is 32.0 Å². The normalized spacial score (nSPS) is 23.1. The summed E-state index contributed by atoms with van der Waals surface area (Å²) in [6, 6.07) is 7.00. The Balaban J connectivity index is 2.10. The number of carbonyl (C=O) groups excluding carboxylic acids is 3. The topological polar surface area (TPSA) is 75.7 Å². The van der Waals surface area contributed by atoms with Crippen molar-refractivity contribution >= 4 is 17.6 Å². The van der Waals surface area contributed by atoms with Crippen molar-refractivity contribution in [2.45, 2.75) is 51.7 Å². The maximum atomic E-state index is 14.4. The molecule has 9 heteroatoms. The van der Waals surface area contributed by atoms with Crippen molar-refractivity contribution in [2.75, 3.05) is 13.7 Å². The van der Waals surface area contributed by atoms with E-state index in [1.807, 2.05) is 0 Å². The number of ketones is 1. The van der Waals surface area contributed by atoms with Gasteiger partial charge in [0.2, 0.25) is 11.4 Å². The van der Waals surface area contributed by atoms with E-state index in [2.05, 4.69) is 0 Å². The molecule has 0 spiro atoms. The molecule has 1 N–H and O–H groups in total. The second kappa shape index (κ2) is 7.69. The summed E-state index contributed by atoms with van der Waals surface area (Å²) < 4.78 is 48.3. The van der Waals surface area contributed by atoms with Gasteiger partial charge in [0.1, 0.15) is 5.75 Å². The van der Waals surface area contributed by atoms with Gasteiger partial charge in [-0.05, 0) is 29.9 Å². The van der Waals surface area contributed by atoms with E-state index >= 15 is 0 Å². The SMILES string of the molecule is COc1ccccc1CCN1C(=O)[C@@](NC(C)=O)(C(F)(F)F)C2=C1CC(C)(C)CC2=O. The molecule has 0 unspecified atom stereocenters. The van der Waals surface area contributed by atoms with Gasteiger partial charge < -0.3 is 15.0 Å². The van der Waals surface area contributed by atoms with Gasteiger partial charge in [0, 0.05) is 25.6 Å². The molecule has 1 atom stereocenters. The maximum absolute atomic E-state index is 14.4. The van der Waals surface area contributed by atoms with Crippen LogP contribution in [0.5, 0.6) is 5.75 Å². The summed E-state index contributed by atoms with van der Waals surface area (Å²) in [5, 5.41) is 1.79. The van der Waals surface area contributed by atoms with Crippen LogP contribution >= 0.6 is 0 Å². The number of allylic oxidation sites excluding steroid dienone is 1. The van der Waals surface area contributed by atoms with E-state index in [4.69, 9.17) is 4.74 Å². The molecule has 0 fully saturated rings. The molecular formula is C22H25F3N2O4. The molecule has 0 aromatic heterocycles. The molecular weight excluding hydrogens is 413 g/mol. The van der Waals surface area contributed by atoms with Crippen LogP contribution in [0.3, 0.4) is 0 Å². The Kier molecular flexibility index (Phi) is 5.67. The molecule has 1 aromatic rings. The van der Waals surface area contributed by atoms with Crippen LogP contribution in [-0.4, -0.2) is 47.9 Å². The van der Waals surface area contributed by atoms with Crippen molar-refractivity contribution in [2.24, 2.45) is 5.41 Å². The highest BCUT2D eigenvalue weighted by Crippen LogP contribution is 2.51. The second-order valence-corrected chi connectivity index (χ2v) is 8.71. The number of benzene rings is 1. The van der Waals surface area contributed by atoms with Crippen LogP contribution in [0.25, 0.3) is 0 Å². The summed E-state index contributed by atoms with van der Waals surface area (Å²) in [5.74, 6) is -2.61. The molecule has 0 saturated carbocycles. The minimum absolute atomic E-state index is 0.0345. The zero-order chi connectivity index (χ0) is 23.2. The lowest BCUT2D eigenvalue weighted by Crippen LogP contribution is -2.66. The van der Waals surface area contributed by atoms with Crippen LogP contribution in [0.2, 0.25) is 0 Å². The molecule has 168 valence electrons. The summed E-state index contributed by atoms with van der Waals surface area (Å²) in [6.45, 7) is 4.35. The van der Waals surface area contributed by atoms with Gasteiger partial charge >= 0.3 is 6.18 Å². The molecule has 2 aliphatic rings. The molecule has 0 saturated heterocycles. The number of para-hydroxylation sites is 1. The van der Waals surface area contributed by atoms with Gasteiger partial charge in [0.15, 0.2) is 5.78 Å². The molecule has 1 aliphatic carbocycles. The average molecular weight is 438 g/mol. The largest absolute Gasteiger partial charge is 0.496 e. The molecule has 2 amide bonds. The predicted molar refractivity (Wildman–Crippen MR) is 106 cm³/mol. The number of nitrogens with zero attached hydrogens (tertiary/aromatic N) is 1. The van der Waals surface area contributed by atoms with Crippen molar-refractivity contribution in [3.8, 4) is 5.75 Å². The highest BCUT2D eigenvalue weighted by Gasteiger charge is 2.71. The number of hydrogen-bond donors (Lipinski definition) is 1. The number of rotatable bonds is 5. The Morgan fingerprint density at radius 2 is 1.84 bits per heavy atom. The molecule has 0 bridgehead atoms. The fourth-order valence-corrected chi connectivity index (χ4v) is 4.47. The zero-order valence-electron chi connectivity index (χ0n) is 17.9. The molecule has 1 heterocycles. The second-order valence-electron chi connectivity index (χ2n) is 8.71. The van der Waals surface area contributed by atoms with Crippen molar-refractivity contribution in [1.29, 1.82) is 0 Å². The van der Waals surface area contributed by atoms with Gasteiger partial charge in [0.05, 0.1) is 12.7 Å². The first-order valence-corrected chi connectivity index (χ1v) is 9.90. The first-order valence-electron chi connectivity index (χ1n) is 9.90. The quantitative estimate of drug-likeness (QED) is 0.766. The number of hydrogen-bond acceptors (Lipinski definition) is 4. The monoisotopic (exact) mass is 438 g/mol. The molecule has 31 heavy (non-hydrogen) atoms. The number of halogens is 3. The van der Waals surface area contributed by atoms with Crippen molar-refractivity contribution in [1.82, 2.24) is 10.2 Å². The Morgan fingerprint density at radius 1 is 1.19 bits per heavy atom. The van der Waals surface area contributed by atoms with E-state index in [-0.39, 0.29) is 31.5 Å². The molecule has 6 nitrogen and oxygen atoms in total. The molecule has 0 radical (unpaired) electrons. The van der Waals surface area contributed by atoms with Gasteiger partial charge in [-0.15, -0.1) is 0 Å². The van der Waals surface area contributed by atoms with E-state index in [0.29, 0.717) is 11.3 Å². The minimum atomic E-state index is -5.17. The fraction of sp³-hybridized carbons (Fsp3) is 0.500. The Labute approximate surface area is 178 Å². The molecule has 1 aliphatic heterocycles. The number of nitrogens with one attached hydrogen (secondary N) is 1. The number of ether oxygens (including phenoxy) is 1. The third-order valence-corrected chi connectivity index (χ3v) is 5.71. The van der Waals surface area contributed by atoms with Crippen LogP contribution in [-0.2, 0) is 20.8 Å². The lowest BCUT2D eigenvalue weighted by molar-refractivity contribution is -0.194. The summed E-state index contributed by atoms with van der Waals surface area (Å²) in [5.41, 5.74) is -3.88. The maximum Gasteiger partial charge on any atom is 0.425 e. The number of carbonyl (C=O) groups is 3. The number of alkyl halides is 3. The first kappa shape index (κ1) is 22.8. The third-order valence-electron chi connectivity index (χ3n) is 5.71. The zero-order valence-corrected chi connectivity index (χ0v) is 17.9. The lowest BCUT2D eigenvalue weighted by Gasteiger charge is -2.35. The molecule has 3 rings (SSSR count). The average Bonchev–Trinajstić information content (AvgIpc) is 2.87. The van der Waals surface area contributed by atoms with E-state index in [0.717, 1.165) is 11.8 Å². The van der Waals surface area contributed by atoms with Crippen molar-refractivity contribution in [3.63, 3.8) is 0 Å². The smallest absolute Gasteiger partial charge is 0.425 e. The molecule has 1 aromatic carbocycles. The lowest BCUT2D eigenvalue weighted by atomic mass is 9.72. The standard InChI is InChI=1S/C22H25F3N2O4/c1-13(28)26-21(22(23,24)25)18-15(11-20(2,3)12-16(18)29)27(19(21)30)10-9-14-7-5-6-8-17(14)31-4/h5-8H,9-12H2,1-4H3,(H,26,28)/t21-/m1/s1. The van der Waals surface area contributed by atoms with Gasteiger partial charge in [-0.2, -0.15) is 13.2 Å². The minimum Gasteiger partial charge on any atom is -0.496 e. The van der Waals surface area contributed by atoms with Crippen LogP contribution in [0.15, 0.2) is 35.5 Å². The highest BCUT2D eigenvalue weighted by molar-refractivity contribution is 6.13. The predicted octanol–water partition coefficient (Wildman–Crippen LogP) is 3.16. The van der Waals surface area contributed by atoms with Gasteiger partial charge in [0.25, 0.3) is 5.91 Å². The fourth-order valence-electron chi connectivity index (χ4n) is 4.47. The van der Waals surface area contributed by atoms with E-state index in [9.17, 15) is 27.6 Å². The van der Waals surface area contributed by atoms with Crippen molar-refractivity contribution < 1.29 is 32.3 Å². The number of methoxy groups -OCH3 is 1. The van der Waals surface area contributed by atoms with Gasteiger partial charge in [-0.3, -0.25) is 14.4 Å². The van der Waals surface area contributed by atoms with Crippen LogP contribution in [0, 0.1) is 5.41 Å². The van der Waals surface area contributed by atoms with Crippen molar-refractivity contribution in [3.05, 3.63) is 41.1 Å². The number of Topliss-reactive ketones (excluding diaryl/α,β-unsaturated/α-hetero) is 1. The summed E-state index contributed by atoms with van der Waals surface area (Å²) in [7, 11) is 1.48. The van der Waals surface area contributed by atoms with E-state index in [1.165, 1.54) is 7.11 Å². The summed E-state index contributed by atoms with van der Waals surface area (Å²) in [4.78, 5) is 38.9. The summed E-state index contributed by atoms with van der Waals surface area (Å²) >= 11 is 0. The van der Waals surface area contributed by atoms with E-state index < -0.39 is 40.3 Å². The highest BCUT2D eigenvalue weighted by atomic mass is 19.4.